The van der Waals surface area contributed by atoms with Gasteiger partial charge in [-0.25, -0.2) is 9.38 Å². The summed E-state index contributed by atoms with van der Waals surface area (Å²) in [4.78, 5) is 4.37. The summed E-state index contributed by atoms with van der Waals surface area (Å²) in [6.45, 7) is 14.4. The Hall–Kier alpha value is -1.95. The van der Waals surface area contributed by atoms with Gasteiger partial charge in [-0.05, 0) is 54.4 Å². The first-order valence-electron chi connectivity index (χ1n) is 9.03. The lowest BCUT2D eigenvalue weighted by atomic mass is 9.95. The Labute approximate surface area is 155 Å². The van der Waals surface area contributed by atoms with Crippen LogP contribution in [0.2, 0.25) is 0 Å². The molecule has 1 saturated carbocycles. The number of allylic oxidation sites excluding steroid dienone is 2. The number of nitrogens with one attached hydrogen (secondary N) is 1. The Balaban J connectivity index is 2.22. The standard InChI is InChI=1S/C20H31FN4O/c1-13(2)16(20(6,7)21)10-22-14(3)23-17-11-25(12-19(4,5)26)24-18(17)15-8-9-15/h10-11,15,26H,1,8-9,12H2,2-7H3,(H,22,23). The lowest BCUT2D eigenvalue weighted by Gasteiger charge is -2.18. The second-order valence-corrected chi connectivity index (χ2v) is 8.35. The van der Waals surface area contributed by atoms with Gasteiger partial charge in [0.1, 0.15) is 11.5 Å². The molecule has 0 spiro atoms. The second-order valence-electron chi connectivity index (χ2n) is 8.35. The van der Waals surface area contributed by atoms with Crippen LogP contribution in [-0.2, 0) is 6.54 Å². The van der Waals surface area contributed by atoms with Gasteiger partial charge in [-0.2, -0.15) is 5.10 Å². The van der Waals surface area contributed by atoms with Gasteiger partial charge in [0.2, 0.25) is 0 Å². The maximum atomic E-state index is 14.3. The van der Waals surface area contributed by atoms with Gasteiger partial charge >= 0.3 is 0 Å². The number of rotatable bonds is 7. The van der Waals surface area contributed by atoms with Crippen LogP contribution in [0.3, 0.4) is 0 Å². The first-order chi connectivity index (χ1) is 11.9. The molecule has 0 saturated heterocycles. The molecular weight excluding hydrogens is 331 g/mol. The Morgan fingerprint density at radius 2 is 2.04 bits per heavy atom. The Morgan fingerprint density at radius 3 is 2.50 bits per heavy atom. The quantitative estimate of drug-likeness (QED) is 0.424. The van der Waals surface area contributed by atoms with E-state index < -0.39 is 11.3 Å². The number of aromatic nitrogens is 2. The number of hydrogen-bond donors (Lipinski definition) is 2. The number of amidine groups is 1. The normalized spacial score (nSPS) is 16.8. The van der Waals surface area contributed by atoms with E-state index in [-0.39, 0.29) is 0 Å². The highest BCUT2D eigenvalue weighted by Gasteiger charge is 2.30. The fraction of sp³-hybridized carbons (Fsp3) is 0.600. The zero-order valence-electron chi connectivity index (χ0n) is 16.7. The Bertz CT molecular complexity index is 728. The topological polar surface area (TPSA) is 62.4 Å². The molecule has 0 aliphatic heterocycles. The monoisotopic (exact) mass is 362 g/mol. The third kappa shape index (κ3) is 5.80. The van der Waals surface area contributed by atoms with Crippen molar-refractivity contribution in [1.82, 2.24) is 9.78 Å². The highest BCUT2D eigenvalue weighted by atomic mass is 19.1. The molecule has 1 heterocycles. The summed E-state index contributed by atoms with van der Waals surface area (Å²) in [5.74, 6) is 1.11. The van der Waals surface area contributed by atoms with Crippen LogP contribution in [0.4, 0.5) is 10.1 Å². The number of alkyl halides is 1. The zero-order chi connectivity index (χ0) is 19.7. The fourth-order valence-electron chi connectivity index (χ4n) is 2.83. The highest BCUT2D eigenvalue weighted by Crippen LogP contribution is 2.42. The molecule has 1 aliphatic carbocycles. The summed E-state index contributed by atoms with van der Waals surface area (Å²) in [5, 5.41) is 17.9. The minimum Gasteiger partial charge on any atom is -0.389 e. The van der Waals surface area contributed by atoms with E-state index in [0.29, 0.717) is 29.4 Å². The van der Waals surface area contributed by atoms with E-state index in [0.717, 1.165) is 24.2 Å². The van der Waals surface area contributed by atoms with Gasteiger partial charge in [0.25, 0.3) is 0 Å². The van der Waals surface area contributed by atoms with E-state index in [9.17, 15) is 9.50 Å². The number of halogens is 1. The summed E-state index contributed by atoms with van der Waals surface area (Å²) < 4.78 is 16.0. The highest BCUT2D eigenvalue weighted by molar-refractivity contribution is 5.94. The molecule has 0 aromatic carbocycles. The van der Waals surface area contributed by atoms with Gasteiger partial charge < -0.3 is 10.4 Å². The molecule has 0 unspecified atom stereocenters. The lowest BCUT2D eigenvalue weighted by molar-refractivity contribution is 0.0576. The molecule has 6 heteroatoms. The van der Waals surface area contributed by atoms with Crippen molar-refractivity contribution < 1.29 is 9.50 Å². The largest absolute Gasteiger partial charge is 0.389 e. The maximum Gasteiger partial charge on any atom is 0.132 e. The van der Waals surface area contributed by atoms with Crippen molar-refractivity contribution in [3.8, 4) is 0 Å². The smallest absolute Gasteiger partial charge is 0.132 e. The molecule has 26 heavy (non-hydrogen) atoms. The summed E-state index contributed by atoms with van der Waals surface area (Å²) in [5.41, 5.74) is 0.692. The average Bonchev–Trinajstić information content (AvgIpc) is 3.19. The minimum atomic E-state index is -1.49. The number of anilines is 1. The van der Waals surface area contributed by atoms with Gasteiger partial charge in [0, 0.05) is 23.9 Å². The Kier molecular flexibility index (Phi) is 5.76. The van der Waals surface area contributed by atoms with Crippen molar-refractivity contribution in [1.29, 1.82) is 0 Å². The third-order valence-corrected chi connectivity index (χ3v) is 4.11. The molecule has 144 valence electrons. The van der Waals surface area contributed by atoms with E-state index in [1.54, 1.807) is 25.5 Å². The summed E-state index contributed by atoms with van der Waals surface area (Å²) in [7, 11) is 0. The molecular formula is C20H31FN4O. The van der Waals surface area contributed by atoms with Crippen molar-refractivity contribution in [2.24, 2.45) is 4.99 Å². The molecule has 0 radical (unpaired) electrons. The summed E-state index contributed by atoms with van der Waals surface area (Å²) >= 11 is 0. The molecule has 2 rings (SSSR count). The predicted molar refractivity (Wildman–Crippen MR) is 105 cm³/mol. The molecule has 2 N–H and O–H groups in total. The summed E-state index contributed by atoms with van der Waals surface area (Å²) in [6, 6.07) is 0. The van der Waals surface area contributed by atoms with Crippen molar-refractivity contribution in [3.63, 3.8) is 0 Å². The predicted octanol–water partition coefficient (Wildman–Crippen LogP) is 4.57. The van der Waals surface area contributed by atoms with Gasteiger partial charge in [0.05, 0.1) is 23.5 Å². The number of aliphatic imine (C=N–C) groups is 1. The molecule has 1 aliphatic rings. The van der Waals surface area contributed by atoms with Gasteiger partial charge in [-0.15, -0.1) is 0 Å². The van der Waals surface area contributed by atoms with Crippen LogP contribution in [0.25, 0.3) is 0 Å². The van der Waals surface area contributed by atoms with Crippen LogP contribution in [-0.4, -0.2) is 32.0 Å². The van der Waals surface area contributed by atoms with E-state index in [4.69, 9.17) is 0 Å². The molecule has 1 aromatic heterocycles. The zero-order valence-corrected chi connectivity index (χ0v) is 16.7. The third-order valence-electron chi connectivity index (χ3n) is 4.11. The molecule has 0 bridgehead atoms. The molecule has 1 aromatic rings. The SMILES string of the molecule is C=C(C)C(=CN=C(C)Nc1cn(CC(C)(C)O)nc1C1CC1)C(C)(C)F. The van der Waals surface area contributed by atoms with Crippen molar-refractivity contribution in [2.45, 2.75) is 78.1 Å². The Morgan fingerprint density at radius 1 is 1.42 bits per heavy atom. The number of nitrogens with zero attached hydrogens (tertiary/aromatic N) is 3. The molecule has 1 fully saturated rings. The number of aliphatic hydroxyl groups is 1. The van der Waals surface area contributed by atoms with E-state index in [1.807, 2.05) is 13.1 Å². The van der Waals surface area contributed by atoms with Gasteiger partial charge in [0.15, 0.2) is 0 Å². The van der Waals surface area contributed by atoms with E-state index in [2.05, 4.69) is 22.0 Å². The van der Waals surface area contributed by atoms with Gasteiger partial charge in [-0.1, -0.05) is 12.2 Å². The fourth-order valence-corrected chi connectivity index (χ4v) is 2.83. The molecule has 0 amide bonds. The second kappa shape index (κ2) is 7.35. The number of hydrogen-bond acceptors (Lipinski definition) is 3. The first-order valence-corrected chi connectivity index (χ1v) is 9.03. The van der Waals surface area contributed by atoms with Crippen LogP contribution >= 0.6 is 0 Å². The molecule has 5 nitrogen and oxygen atoms in total. The first kappa shape index (κ1) is 20.4. The van der Waals surface area contributed by atoms with Crippen LogP contribution in [0.5, 0.6) is 0 Å². The van der Waals surface area contributed by atoms with E-state index in [1.165, 1.54) is 20.0 Å². The minimum absolute atomic E-state index is 0.417. The summed E-state index contributed by atoms with van der Waals surface area (Å²) in [6.07, 6.45) is 5.68. The molecule has 0 atom stereocenters. The average molecular weight is 362 g/mol. The van der Waals surface area contributed by atoms with Gasteiger partial charge in [-0.3, -0.25) is 4.68 Å². The van der Waals surface area contributed by atoms with Crippen molar-refractivity contribution in [2.75, 3.05) is 5.32 Å². The van der Waals surface area contributed by atoms with E-state index >= 15 is 0 Å². The van der Waals surface area contributed by atoms with Crippen molar-refractivity contribution >= 4 is 11.5 Å². The maximum absolute atomic E-state index is 14.3. The van der Waals surface area contributed by atoms with Crippen molar-refractivity contribution in [3.05, 3.63) is 35.8 Å². The van der Waals surface area contributed by atoms with Crippen LogP contribution in [0.1, 0.15) is 66.0 Å². The van der Waals surface area contributed by atoms with Crippen LogP contribution < -0.4 is 5.32 Å². The lowest BCUT2D eigenvalue weighted by Crippen LogP contribution is -2.26. The van der Waals surface area contributed by atoms with Crippen LogP contribution in [0.15, 0.2) is 35.1 Å². The van der Waals surface area contributed by atoms with Crippen LogP contribution in [0, 0.1) is 0 Å².